The molecule has 5 heteroatoms. The van der Waals surface area contributed by atoms with Gasteiger partial charge >= 0.3 is 0 Å². The first-order valence-corrected chi connectivity index (χ1v) is 6.97. The van der Waals surface area contributed by atoms with E-state index >= 15 is 0 Å². The van der Waals surface area contributed by atoms with Crippen LogP contribution in [0.4, 0.5) is 0 Å². The third-order valence-electron chi connectivity index (χ3n) is 3.26. The number of hydrogen-bond donors (Lipinski definition) is 3. The summed E-state index contributed by atoms with van der Waals surface area (Å²) in [6.45, 7) is 3.35. The van der Waals surface area contributed by atoms with Gasteiger partial charge in [0, 0.05) is 12.1 Å². The van der Waals surface area contributed by atoms with Gasteiger partial charge in [-0.1, -0.05) is 13.3 Å². The average molecular weight is 280 g/mol. The molecule has 1 aromatic rings. The number of carbonyl (C=O) groups excluding carboxylic acids is 1. The van der Waals surface area contributed by atoms with E-state index in [1.165, 1.54) is 13.2 Å². The van der Waals surface area contributed by atoms with E-state index in [1.807, 2.05) is 0 Å². The van der Waals surface area contributed by atoms with Gasteiger partial charge in [0.1, 0.15) is 0 Å². The Morgan fingerprint density at radius 2 is 2.20 bits per heavy atom. The molecule has 0 saturated heterocycles. The summed E-state index contributed by atoms with van der Waals surface area (Å²) in [6, 6.07) is 4.62. The number of nitrogens with one attached hydrogen (secondary N) is 1. The lowest BCUT2D eigenvalue weighted by Gasteiger charge is -2.16. The maximum atomic E-state index is 12.0. The highest BCUT2D eigenvalue weighted by Crippen LogP contribution is 2.26. The largest absolute Gasteiger partial charge is 0.504 e. The Kier molecular flexibility index (Phi) is 6.87. The topological polar surface area (TPSA) is 84.6 Å². The molecule has 0 aliphatic rings. The number of benzene rings is 1. The van der Waals surface area contributed by atoms with Crippen LogP contribution >= 0.6 is 0 Å². The maximum absolute atomic E-state index is 12.0. The van der Waals surface area contributed by atoms with Gasteiger partial charge in [-0.2, -0.15) is 0 Å². The van der Waals surface area contributed by atoms with Crippen molar-refractivity contribution in [3.05, 3.63) is 23.8 Å². The fraction of sp³-hybridized carbons (Fsp3) is 0.533. The maximum Gasteiger partial charge on any atom is 0.251 e. The summed E-state index contributed by atoms with van der Waals surface area (Å²) in [7, 11) is 1.47. The predicted octanol–water partition coefficient (Wildman–Crippen LogP) is 1.90. The molecule has 0 aromatic heterocycles. The van der Waals surface area contributed by atoms with Crippen molar-refractivity contribution >= 4 is 5.91 Å². The SMILES string of the molecule is CCCC(CCN)CNC(=O)c1ccc(OC)c(O)c1. The fourth-order valence-corrected chi connectivity index (χ4v) is 2.16. The first kappa shape index (κ1) is 16.3. The van der Waals surface area contributed by atoms with Gasteiger partial charge in [-0.15, -0.1) is 0 Å². The van der Waals surface area contributed by atoms with Gasteiger partial charge in [-0.05, 0) is 43.5 Å². The van der Waals surface area contributed by atoms with Crippen molar-refractivity contribution in [2.24, 2.45) is 11.7 Å². The van der Waals surface area contributed by atoms with Crippen molar-refractivity contribution in [2.75, 3.05) is 20.2 Å². The number of hydrogen-bond acceptors (Lipinski definition) is 4. The molecule has 0 saturated carbocycles. The molecule has 0 aliphatic carbocycles. The van der Waals surface area contributed by atoms with E-state index in [9.17, 15) is 9.90 Å². The number of rotatable bonds is 8. The summed E-state index contributed by atoms with van der Waals surface area (Å²) in [5.41, 5.74) is 5.99. The lowest BCUT2D eigenvalue weighted by atomic mass is 10.00. The molecule has 5 nitrogen and oxygen atoms in total. The Hall–Kier alpha value is -1.75. The monoisotopic (exact) mass is 280 g/mol. The summed E-state index contributed by atoms with van der Waals surface area (Å²) in [5.74, 6) is 0.530. The zero-order valence-corrected chi connectivity index (χ0v) is 12.2. The molecule has 20 heavy (non-hydrogen) atoms. The molecule has 0 fully saturated rings. The quantitative estimate of drug-likeness (QED) is 0.679. The molecule has 1 rings (SSSR count). The molecule has 0 spiro atoms. The molecule has 1 atom stereocenters. The number of nitrogens with two attached hydrogens (primary N) is 1. The Morgan fingerprint density at radius 3 is 2.75 bits per heavy atom. The molecule has 0 bridgehead atoms. The van der Waals surface area contributed by atoms with Gasteiger partial charge in [0.15, 0.2) is 11.5 Å². The Balaban J connectivity index is 2.59. The minimum atomic E-state index is -0.193. The minimum absolute atomic E-state index is 0.0350. The molecule has 0 radical (unpaired) electrons. The first-order chi connectivity index (χ1) is 9.62. The molecular formula is C15H24N2O3. The van der Waals surface area contributed by atoms with E-state index in [-0.39, 0.29) is 11.7 Å². The second-order valence-electron chi connectivity index (χ2n) is 4.83. The average Bonchev–Trinajstić information content (AvgIpc) is 2.44. The lowest BCUT2D eigenvalue weighted by Crippen LogP contribution is -2.30. The lowest BCUT2D eigenvalue weighted by molar-refractivity contribution is 0.0945. The Labute approximate surface area is 120 Å². The number of aromatic hydroxyl groups is 1. The van der Waals surface area contributed by atoms with Crippen LogP contribution < -0.4 is 15.8 Å². The minimum Gasteiger partial charge on any atom is -0.504 e. The van der Waals surface area contributed by atoms with Gasteiger partial charge < -0.3 is 20.9 Å². The van der Waals surface area contributed by atoms with E-state index in [2.05, 4.69) is 12.2 Å². The van der Waals surface area contributed by atoms with E-state index in [0.29, 0.717) is 30.3 Å². The molecule has 1 aromatic carbocycles. The second kappa shape index (κ2) is 8.43. The zero-order chi connectivity index (χ0) is 15.0. The molecule has 1 unspecified atom stereocenters. The van der Waals surface area contributed by atoms with Crippen LogP contribution in [0.25, 0.3) is 0 Å². The van der Waals surface area contributed by atoms with Crippen LogP contribution in [0.3, 0.4) is 0 Å². The highest BCUT2D eigenvalue weighted by Gasteiger charge is 2.12. The standard InChI is InChI=1S/C15H24N2O3/c1-3-4-11(7-8-16)10-17-15(19)12-5-6-14(20-2)13(18)9-12/h5-6,9,11,18H,3-4,7-8,10,16H2,1-2H3,(H,17,19). The fourth-order valence-electron chi connectivity index (χ4n) is 2.16. The molecule has 0 aliphatic heterocycles. The summed E-state index contributed by atoms with van der Waals surface area (Å²) in [4.78, 5) is 12.0. The number of amides is 1. The van der Waals surface area contributed by atoms with E-state index < -0.39 is 0 Å². The smallest absolute Gasteiger partial charge is 0.251 e. The number of methoxy groups -OCH3 is 1. The van der Waals surface area contributed by atoms with Crippen molar-refractivity contribution < 1.29 is 14.6 Å². The highest BCUT2D eigenvalue weighted by atomic mass is 16.5. The molecule has 0 heterocycles. The van der Waals surface area contributed by atoms with Crippen LogP contribution in [0.2, 0.25) is 0 Å². The molecule has 1 amide bonds. The number of phenolic OH excluding ortho intramolecular Hbond substituents is 1. The van der Waals surface area contributed by atoms with Gasteiger partial charge in [-0.25, -0.2) is 0 Å². The van der Waals surface area contributed by atoms with Crippen LogP contribution in [0, 0.1) is 5.92 Å². The normalized spacial score (nSPS) is 11.9. The number of ether oxygens (including phenoxy) is 1. The Morgan fingerprint density at radius 1 is 1.45 bits per heavy atom. The van der Waals surface area contributed by atoms with Gasteiger partial charge in [-0.3, -0.25) is 4.79 Å². The number of carbonyl (C=O) groups is 1. The zero-order valence-electron chi connectivity index (χ0n) is 12.2. The van der Waals surface area contributed by atoms with Crippen LogP contribution in [-0.4, -0.2) is 31.2 Å². The molecule has 112 valence electrons. The van der Waals surface area contributed by atoms with E-state index in [0.717, 1.165) is 19.3 Å². The van der Waals surface area contributed by atoms with Gasteiger partial charge in [0.05, 0.1) is 7.11 Å². The summed E-state index contributed by atoms with van der Waals surface area (Å²) in [6.07, 6.45) is 3.02. The van der Waals surface area contributed by atoms with Crippen LogP contribution in [0.15, 0.2) is 18.2 Å². The van der Waals surface area contributed by atoms with Crippen molar-refractivity contribution in [1.82, 2.24) is 5.32 Å². The summed E-state index contributed by atoms with van der Waals surface area (Å²) >= 11 is 0. The summed E-state index contributed by atoms with van der Waals surface area (Å²) < 4.78 is 4.95. The van der Waals surface area contributed by atoms with Gasteiger partial charge in [0.25, 0.3) is 5.91 Å². The third kappa shape index (κ3) is 4.74. The van der Waals surface area contributed by atoms with E-state index in [4.69, 9.17) is 10.5 Å². The van der Waals surface area contributed by atoms with Crippen molar-refractivity contribution in [3.63, 3.8) is 0 Å². The highest BCUT2D eigenvalue weighted by molar-refractivity contribution is 5.94. The van der Waals surface area contributed by atoms with Crippen LogP contribution in [-0.2, 0) is 0 Å². The van der Waals surface area contributed by atoms with Gasteiger partial charge in [0.2, 0.25) is 0 Å². The van der Waals surface area contributed by atoms with Crippen LogP contribution in [0.5, 0.6) is 11.5 Å². The molecular weight excluding hydrogens is 256 g/mol. The Bertz CT molecular complexity index is 429. The van der Waals surface area contributed by atoms with Crippen LogP contribution in [0.1, 0.15) is 36.5 Å². The second-order valence-corrected chi connectivity index (χ2v) is 4.83. The first-order valence-electron chi connectivity index (χ1n) is 6.97. The van der Waals surface area contributed by atoms with E-state index in [1.54, 1.807) is 12.1 Å². The summed E-state index contributed by atoms with van der Waals surface area (Å²) in [5, 5.41) is 12.6. The third-order valence-corrected chi connectivity index (χ3v) is 3.26. The molecule has 4 N–H and O–H groups in total. The van der Waals surface area contributed by atoms with Crippen molar-refractivity contribution in [1.29, 1.82) is 0 Å². The number of phenols is 1. The van der Waals surface area contributed by atoms with Crippen molar-refractivity contribution in [3.8, 4) is 11.5 Å². The van der Waals surface area contributed by atoms with Crippen molar-refractivity contribution in [2.45, 2.75) is 26.2 Å². The predicted molar refractivity (Wildman–Crippen MR) is 79.1 cm³/mol.